The fourth-order valence-corrected chi connectivity index (χ4v) is 3.86. The molecule has 1 aliphatic heterocycles. The molecule has 0 radical (unpaired) electrons. The summed E-state index contributed by atoms with van der Waals surface area (Å²) in [5.41, 5.74) is 2.97. The molecule has 1 aliphatic rings. The van der Waals surface area contributed by atoms with E-state index in [1.807, 2.05) is 49.4 Å². The van der Waals surface area contributed by atoms with Gasteiger partial charge in [-0.3, -0.25) is 0 Å². The summed E-state index contributed by atoms with van der Waals surface area (Å²) >= 11 is 0. The van der Waals surface area contributed by atoms with Crippen molar-refractivity contribution in [1.29, 1.82) is 0 Å². The van der Waals surface area contributed by atoms with E-state index in [0.29, 0.717) is 6.54 Å². The van der Waals surface area contributed by atoms with E-state index in [9.17, 15) is 8.42 Å². The van der Waals surface area contributed by atoms with Crippen molar-refractivity contribution in [3.8, 4) is 11.5 Å². The SMILES string of the molecule is Cc1cccc(CS(=O)(=O)NCCCc2ccc3c(c2)OCO3)c1. The number of ether oxygens (including phenoxy) is 2. The fourth-order valence-electron chi connectivity index (χ4n) is 2.69. The summed E-state index contributed by atoms with van der Waals surface area (Å²) in [6.45, 7) is 2.63. The van der Waals surface area contributed by atoms with Gasteiger partial charge in [0.25, 0.3) is 0 Å². The maximum Gasteiger partial charge on any atom is 0.231 e. The topological polar surface area (TPSA) is 64.6 Å². The van der Waals surface area contributed by atoms with Gasteiger partial charge in [-0.2, -0.15) is 0 Å². The summed E-state index contributed by atoms with van der Waals surface area (Å²) < 4.78 is 37.5. The number of nitrogens with one attached hydrogen (secondary N) is 1. The number of hydrogen-bond donors (Lipinski definition) is 1. The molecule has 0 fully saturated rings. The summed E-state index contributed by atoms with van der Waals surface area (Å²) in [6.07, 6.45) is 1.51. The average Bonchev–Trinajstić information content (AvgIpc) is 2.99. The maximum absolute atomic E-state index is 12.1. The van der Waals surface area contributed by atoms with E-state index in [1.54, 1.807) is 0 Å². The van der Waals surface area contributed by atoms with Crippen LogP contribution in [0.15, 0.2) is 42.5 Å². The molecular formula is C18H21NO4S. The Morgan fingerprint density at radius 2 is 1.88 bits per heavy atom. The highest BCUT2D eigenvalue weighted by molar-refractivity contribution is 7.88. The summed E-state index contributed by atoms with van der Waals surface area (Å²) in [4.78, 5) is 0. The average molecular weight is 347 g/mol. The predicted molar refractivity (Wildman–Crippen MR) is 92.7 cm³/mol. The van der Waals surface area contributed by atoms with Crippen LogP contribution in [-0.4, -0.2) is 21.8 Å². The Balaban J connectivity index is 1.47. The van der Waals surface area contributed by atoms with E-state index in [0.717, 1.165) is 41.0 Å². The predicted octanol–water partition coefficient (Wildman–Crippen LogP) is 2.78. The van der Waals surface area contributed by atoms with E-state index in [1.165, 1.54) is 0 Å². The quantitative estimate of drug-likeness (QED) is 0.782. The number of fused-ring (bicyclic) bond motifs is 1. The Kier molecular flexibility index (Phi) is 5.06. The van der Waals surface area contributed by atoms with Gasteiger partial charge in [-0.25, -0.2) is 13.1 Å². The van der Waals surface area contributed by atoms with Crippen LogP contribution < -0.4 is 14.2 Å². The lowest BCUT2D eigenvalue weighted by atomic mass is 10.1. The molecule has 0 amide bonds. The zero-order chi connectivity index (χ0) is 17.0. The van der Waals surface area contributed by atoms with Gasteiger partial charge in [-0.05, 0) is 43.0 Å². The lowest BCUT2D eigenvalue weighted by molar-refractivity contribution is 0.174. The number of benzene rings is 2. The van der Waals surface area contributed by atoms with Gasteiger partial charge >= 0.3 is 0 Å². The molecule has 3 rings (SSSR count). The minimum absolute atomic E-state index is 0.0126. The molecule has 0 aromatic heterocycles. The molecule has 2 aromatic carbocycles. The first kappa shape index (κ1) is 16.8. The molecule has 6 heteroatoms. The minimum atomic E-state index is -3.31. The molecule has 2 aromatic rings. The summed E-state index contributed by atoms with van der Waals surface area (Å²) in [5, 5.41) is 0. The Labute approximate surface area is 142 Å². The molecule has 0 saturated heterocycles. The van der Waals surface area contributed by atoms with Gasteiger partial charge in [-0.15, -0.1) is 0 Å². The molecule has 5 nitrogen and oxygen atoms in total. The van der Waals surface area contributed by atoms with Crippen molar-refractivity contribution in [3.63, 3.8) is 0 Å². The summed E-state index contributed by atoms with van der Waals surface area (Å²) in [5.74, 6) is 1.53. The van der Waals surface area contributed by atoms with Gasteiger partial charge in [0, 0.05) is 6.54 Å². The Hall–Kier alpha value is -2.05. The number of aryl methyl sites for hydroxylation is 2. The highest BCUT2D eigenvalue weighted by atomic mass is 32.2. The van der Waals surface area contributed by atoms with Crippen LogP contribution in [0.4, 0.5) is 0 Å². The molecule has 0 aliphatic carbocycles. The molecule has 128 valence electrons. The van der Waals surface area contributed by atoms with Gasteiger partial charge in [0.2, 0.25) is 16.8 Å². The van der Waals surface area contributed by atoms with E-state index in [4.69, 9.17) is 9.47 Å². The van der Waals surface area contributed by atoms with Crippen LogP contribution in [0.3, 0.4) is 0 Å². The lowest BCUT2D eigenvalue weighted by Crippen LogP contribution is -2.26. The monoisotopic (exact) mass is 347 g/mol. The van der Waals surface area contributed by atoms with Gasteiger partial charge in [0.15, 0.2) is 11.5 Å². The molecule has 0 bridgehead atoms. The lowest BCUT2D eigenvalue weighted by Gasteiger charge is -2.08. The van der Waals surface area contributed by atoms with Crippen LogP contribution in [-0.2, 0) is 22.2 Å². The van der Waals surface area contributed by atoms with Crippen molar-refractivity contribution >= 4 is 10.0 Å². The molecule has 1 heterocycles. The standard InChI is InChI=1S/C18H21NO4S/c1-14-4-2-5-16(10-14)12-24(20,21)19-9-3-6-15-7-8-17-18(11-15)23-13-22-17/h2,4-5,7-8,10-11,19H,3,6,9,12-13H2,1H3. The van der Waals surface area contributed by atoms with E-state index >= 15 is 0 Å². The second-order valence-corrected chi connectivity index (χ2v) is 7.74. The van der Waals surface area contributed by atoms with Crippen LogP contribution in [0.25, 0.3) is 0 Å². The first-order chi connectivity index (χ1) is 11.5. The third kappa shape index (κ3) is 4.49. The first-order valence-corrected chi connectivity index (χ1v) is 9.58. The zero-order valence-electron chi connectivity index (χ0n) is 13.6. The van der Waals surface area contributed by atoms with Crippen molar-refractivity contribution in [1.82, 2.24) is 4.72 Å². The highest BCUT2D eigenvalue weighted by Gasteiger charge is 2.14. The molecule has 0 unspecified atom stereocenters. The van der Waals surface area contributed by atoms with Crippen LogP contribution >= 0.6 is 0 Å². The molecule has 0 spiro atoms. The van der Waals surface area contributed by atoms with Crippen LogP contribution in [0, 0.1) is 6.92 Å². The van der Waals surface area contributed by atoms with Gasteiger partial charge in [0.05, 0.1) is 5.75 Å². The Morgan fingerprint density at radius 1 is 1.04 bits per heavy atom. The van der Waals surface area contributed by atoms with Crippen LogP contribution in [0.2, 0.25) is 0 Å². The van der Waals surface area contributed by atoms with E-state index in [-0.39, 0.29) is 12.5 Å². The van der Waals surface area contributed by atoms with Crippen LogP contribution in [0.5, 0.6) is 11.5 Å². The Morgan fingerprint density at radius 3 is 2.71 bits per heavy atom. The largest absolute Gasteiger partial charge is 0.454 e. The minimum Gasteiger partial charge on any atom is -0.454 e. The van der Waals surface area contributed by atoms with Crippen molar-refractivity contribution in [2.45, 2.75) is 25.5 Å². The summed E-state index contributed by atoms with van der Waals surface area (Å²) in [7, 11) is -3.31. The van der Waals surface area contributed by atoms with Gasteiger partial charge < -0.3 is 9.47 Å². The second-order valence-electron chi connectivity index (χ2n) is 5.93. The third-order valence-electron chi connectivity index (χ3n) is 3.84. The van der Waals surface area contributed by atoms with E-state index < -0.39 is 10.0 Å². The molecule has 24 heavy (non-hydrogen) atoms. The molecule has 1 N–H and O–H groups in total. The maximum atomic E-state index is 12.1. The number of rotatable bonds is 7. The molecule has 0 saturated carbocycles. The van der Waals surface area contributed by atoms with Crippen LogP contribution in [0.1, 0.15) is 23.1 Å². The third-order valence-corrected chi connectivity index (χ3v) is 5.20. The second kappa shape index (κ2) is 7.23. The van der Waals surface area contributed by atoms with Gasteiger partial charge in [0.1, 0.15) is 0 Å². The van der Waals surface area contributed by atoms with E-state index in [2.05, 4.69) is 4.72 Å². The summed E-state index contributed by atoms with van der Waals surface area (Å²) in [6, 6.07) is 13.4. The molecular weight excluding hydrogens is 326 g/mol. The zero-order valence-corrected chi connectivity index (χ0v) is 14.4. The van der Waals surface area contributed by atoms with Crippen molar-refractivity contribution in [2.75, 3.05) is 13.3 Å². The van der Waals surface area contributed by atoms with Crippen molar-refractivity contribution in [3.05, 3.63) is 59.2 Å². The first-order valence-electron chi connectivity index (χ1n) is 7.93. The number of hydrogen-bond acceptors (Lipinski definition) is 4. The van der Waals surface area contributed by atoms with Crippen molar-refractivity contribution in [2.24, 2.45) is 0 Å². The highest BCUT2D eigenvalue weighted by Crippen LogP contribution is 2.32. The number of sulfonamides is 1. The Bertz CT molecular complexity index is 818. The van der Waals surface area contributed by atoms with Gasteiger partial charge in [-0.1, -0.05) is 35.9 Å². The smallest absolute Gasteiger partial charge is 0.231 e. The normalized spacial score (nSPS) is 13.2. The van der Waals surface area contributed by atoms with Crippen molar-refractivity contribution < 1.29 is 17.9 Å². The molecule has 0 atom stereocenters. The fraction of sp³-hybridized carbons (Fsp3) is 0.333.